The van der Waals surface area contributed by atoms with E-state index in [4.69, 9.17) is 5.73 Å². The zero-order valence-corrected chi connectivity index (χ0v) is 12.9. The van der Waals surface area contributed by atoms with Crippen LogP contribution >= 0.6 is 0 Å². The molecule has 0 aromatic carbocycles. The van der Waals surface area contributed by atoms with Crippen molar-refractivity contribution in [2.75, 3.05) is 0 Å². The molecule has 2 aromatic rings. The molecular weight excluding hydrogens is 329 g/mol. The van der Waals surface area contributed by atoms with E-state index in [1.807, 2.05) is 0 Å². The van der Waals surface area contributed by atoms with Crippen molar-refractivity contribution in [3.63, 3.8) is 0 Å². The fourth-order valence-corrected chi connectivity index (χ4v) is 1.90. The predicted octanol–water partition coefficient (Wildman–Crippen LogP) is 1.56. The third-order valence-corrected chi connectivity index (χ3v) is 3.05. The molecule has 0 fully saturated rings. The lowest BCUT2D eigenvalue weighted by molar-refractivity contribution is -0.141. The number of nitrogens with zero attached hydrogens (tertiary/aromatic N) is 5. The van der Waals surface area contributed by atoms with Gasteiger partial charge in [0.1, 0.15) is 12.2 Å². The Labute approximate surface area is 134 Å². The molecule has 24 heavy (non-hydrogen) atoms. The van der Waals surface area contributed by atoms with E-state index in [9.17, 15) is 18.0 Å². The van der Waals surface area contributed by atoms with Crippen LogP contribution in [0.15, 0.2) is 23.5 Å². The topological polar surface area (TPSA) is 100 Å². The van der Waals surface area contributed by atoms with Crippen LogP contribution in [0, 0.1) is 6.92 Å². The Morgan fingerprint density at radius 2 is 2.12 bits per heavy atom. The van der Waals surface area contributed by atoms with E-state index < -0.39 is 17.8 Å². The summed E-state index contributed by atoms with van der Waals surface area (Å²) < 4.78 is 40.2. The highest BCUT2D eigenvalue weighted by Gasteiger charge is 2.34. The number of halogens is 3. The van der Waals surface area contributed by atoms with E-state index >= 15 is 0 Å². The molecule has 0 unspecified atom stereocenters. The van der Waals surface area contributed by atoms with Crippen molar-refractivity contribution in [1.82, 2.24) is 19.6 Å². The van der Waals surface area contributed by atoms with E-state index in [0.717, 1.165) is 10.7 Å². The molecule has 0 aliphatic rings. The Balaban J connectivity index is 2.05. The second-order valence-electron chi connectivity index (χ2n) is 4.82. The summed E-state index contributed by atoms with van der Waals surface area (Å²) in [6, 6.07) is 2.34. The van der Waals surface area contributed by atoms with E-state index in [1.165, 1.54) is 23.9 Å². The summed E-state index contributed by atoms with van der Waals surface area (Å²) in [5, 5.41) is 10.7. The first-order valence-electron chi connectivity index (χ1n) is 6.89. The lowest BCUT2D eigenvalue weighted by Gasteiger charge is -2.05. The molecule has 0 spiro atoms. The van der Waals surface area contributed by atoms with Crippen LogP contribution in [0.25, 0.3) is 0 Å². The predicted molar refractivity (Wildman–Crippen MR) is 76.9 cm³/mol. The lowest BCUT2D eigenvalue weighted by atomic mass is 10.3. The van der Waals surface area contributed by atoms with Crippen LogP contribution in [0.5, 0.6) is 0 Å². The number of amidine groups is 1. The number of carbonyl (C=O) groups excluding carboxylic acids is 1. The number of oxime groups is 1. The van der Waals surface area contributed by atoms with Gasteiger partial charge in [-0.05, 0) is 26.0 Å². The Bertz CT molecular complexity index is 762. The summed E-state index contributed by atoms with van der Waals surface area (Å²) in [6.45, 7) is 3.45. The number of alkyl halides is 3. The van der Waals surface area contributed by atoms with Gasteiger partial charge in [-0.2, -0.15) is 23.4 Å². The van der Waals surface area contributed by atoms with Gasteiger partial charge in [-0.25, -0.2) is 4.79 Å². The Hall–Kier alpha value is -2.85. The Kier molecular flexibility index (Phi) is 4.90. The second kappa shape index (κ2) is 6.72. The van der Waals surface area contributed by atoms with Crippen LogP contribution in [0.1, 0.15) is 28.8 Å². The molecular formula is C13H15F3N6O2. The van der Waals surface area contributed by atoms with Gasteiger partial charge in [0, 0.05) is 18.4 Å². The minimum Gasteiger partial charge on any atom is -0.383 e. The molecule has 0 amide bonds. The zero-order chi connectivity index (χ0) is 17.9. The van der Waals surface area contributed by atoms with Crippen molar-refractivity contribution in [3.05, 3.63) is 35.4 Å². The molecule has 130 valence electrons. The first-order chi connectivity index (χ1) is 11.2. The lowest BCUT2D eigenvalue weighted by Crippen LogP contribution is -2.23. The van der Waals surface area contributed by atoms with Crippen LogP contribution in [0.4, 0.5) is 13.2 Å². The highest BCUT2D eigenvalue weighted by atomic mass is 19.4. The Morgan fingerprint density at radius 3 is 2.71 bits per heavy atom. The van der Waals surface area contributed by atoms with Gasteiger partial charge in [-0.1, -0.05) is 5.16 Å². The van der Waals surface area contributed by atoms with Crippen molar-refractivity contribution in [3.8, 4) is 0 Å². The maximum absolute atomic E-state index is 12.6. The van der Waals surface area contributed by atoms with Gasteiger partial charge in [-0.15, -0.1) is 0 Å². The van der Waals surface area contributed by atoms with Crippen molar-refractivity contribution in [1.29, 1.82) is 0 Å². The molecule has 11 heteroatoms. The summed E-state index contributed by atoms with van der Waals surface area (Å²) in [7, 11) is 0. The fourth-order valence-electron chi connectivity index (χ4n) is 1.90. The molecule has 2 aromatic heterocycles. The normalized spacial score (nSPS) is 12.5. The van der Waals surface area contributed by atoms with E-state index in [2.05, 4.69) is 20.2 Å². The van der Waals surface area contributed by atoms with Crippen LogP contribution in [-0.4, -0.2) is 31.4 Å². The molecule has 0 aliphatic carbocycles. The molecule has 8 nitrogen and oxygen atoms in total. The zero-order valence-electron chi connectivity index (χ0n) is 12.9. The molecule has 2 heterocycles. The van der Waals surface area contributed by atoms with Gasteiger partial charge >= 0.3 is 12.1 Å². The third-order valence-electron chi connectivity index (χ3n) is 3.05. The van der Waals surface area contributed by atoms with Gasteiger partial charge in [0.05, 0.1) is 0 Å². The molecule has 0 saturated heterocycles. The van der Waals surface area contributed by atoms with Crippen molar-refractivity contribution in [2.24, 2.45) is 10.9 Å². The van der Waals surface area contributed by atoms with Crippen LogP contribution in [-0.2, 0) is 24.1 Å². The molecule has 0 bridgehead atoms. The molecule has 0 saturated carbocycles. The van der Waals surface area contributed by atoms with Crippen molar-refractivity contribution >= 4 is 11.8 Å². The molecule has 0 aliphatic heterocycles. The maximum atomic E-state index is 12.6. The highest BCUT2D eigenvalue weighted by Crippen LogP contribution is 2.28. The van der Waals surface area contributed by atoms with Crippen LogP contribution < -0.4 is 5.73 Å². The van der Waals surface area contributed by atoms with Crippen LogP contribution in [0.2, 0.25) is 0 Å². The second-order valence-corrected chi connectivity index (χ2v) is 4.82. The average Bonchev–Trinajstić information content (AvgIpc) is 3.11. The SMILES string of the molecule is CCn1nccc1C(=O)O/N=C(/N)Cn1nc(C(F)(F)F)cc1C. The number of rotatable bonds is 5. The summed E-state index contributed by atoms with van der Waals surface area (Å²) in [6.07, 6.45) is -3.12. The molecule has 0 atom stereocenters. The minimum absolute atomic E-state index is 0.184. The minimum atomic E-state index is -4.55. The van der Waals surface area contributed by atoms with Gasteiger partial charge in [0.15, 0.2) is 11.5 Å². The van der Waals surface area contributed by atoms with Gasteiger partial charge in [-0.3, -0.25) is 9.36 Å². The highest BCUT2D eigenvalue weighted by molar-refractivity contribution is 5.88. The maximum Gasteiger partial charge on any atom is 0.435 e. The fraction of sp³-hybridized carbons (Fsp3) is 0.385. The van der Waals surface area contributed by atoms with Crippen molar-refractivity contribution < 1.29 is 22.8 Å². The van der Waals surface area contributed by atoms with Gasteiger partial charge in [0.2, 0.25) is 0 Å². The average molecular weight is 344 g/mol. The molecule has 2 N–H and O–H groups in total. The number of aryl methyl sites for hydroxylation is 2. The monoisotopic (exact) mass is 344 g/mol. The first kappa shape index (κ1) is 17.5. The van der Waals surface area contributed by atoms with E-state index in [-0.39, 0.29) is 23.8 Å². The first-order valence-corrected chi connectivity index (χ1v) is 6.89. The standard InChI is InChI=1S/C13H15F3N6O2/c1-3-21-9(4-5-18-21)12(23)24-20-11(17)7-22-8(2)6-10(19-22)13(14,15)16/h4-6H,3,7H2,1-2H3,(H2,17,20). The van der Waals surface area contributed by atoms with E-state index in [1.54, 1.807) is 6.92 Å². The summed E-state index contributed by atoms with van der Waals surface area (Å²) in [5.41, 5.74) is 4.97. The smallest absolute Gasteiger partial charge is 0.383 e. The van der Waals surface area contributed by atoms with Crippen molar-refractivity contribution in [2.45, 2.75) is 33.1 Å². The number of hydrogen-bond acceptors (Lipinski definition) is 5. The summed E-state index contributed by atoms with van der Waals surface area (Å²) in [5.74, 6) is -0.976. The number of hydrogen-bond donors (Lipinski definition) is 1. The summed E-state index contributed by atoms with van der Waals surface area (Å²) >= 11 is 0. The van der Waals surface area contributed by atoms with Gasteiger partial charge < -0.3 is 10.6 Å². The van der Waals surface area contributed by atoms with Crippen LogP contribution in [0.3, 0.4) is 0 Å². The molecule has 0 radical (unpaired) electrons. The largest absolute Gasteiger partial charge is 0.435 e. The quantitative estimate of drug-likeness (QED) is 0.384. The summed E-state index contributed by atoms with van der Waals surface area (Å²) in [4.78, 5) is 16.5. The number of aromatic nitrogens is 4. The molecule has 2 rings (SSSR count). The van der Waals surface area contributed by atoms with E-state index in [0.29, 0.717) is 6.54 Å². The number of carbonyl (C=O) groups is 1. The number of nitrogens with two attached hydrogens (primary N) is 1. The third kappa shape index (κ3) is 3.91. The van der Waals surface area contributed by atoms with Gasteiger partial charge in [0.25, 0.3) is 0 Å². The Morgan fingerprint density at radius 1 is 1.42 bits per heavy atom.